The van der Waals surface area contributed by atoms with E-state index < -0.39 is 11.2 Å². The van der Waals surface area contributed by atoms with Crippen LogP contribution in [0.15, 0.2) is 34.5 Å². The molecular formula is C20H26N4O5S. The van der Waals surface area contributed by atoms with Crippen LogP contribution in [0, 0.1) is 0 Å². The number of nitrogens with zero attached hydrogens (tertiary/aromatic N) is 3. The minimum atomic E-state index is -1.03. The Bertz CT molecular complexity index is 821. The number of morpholine rings is 1. The molecule has 2 N–H and O–H groups in total. The molecule has 0 saturated carbocycles. The van der Waals surface area contributed by atoms with Gasteiger partial charge in [-0.2, -0.15) is 5.10 Å². The van der Waals surface area contributed by atoms with Crippen molar-refractivity contribution in [2.75, 3.05) is 26.2 Å². The van der Waals surface area contributed by atoms with Crippen molar-refractivity contribution in [3.63, 3.8) is 0 Å². The first kappa shape index (κ1) is 22.3. The van der Waals surface area contributed by atoms with Gasteiger partial charge in [-0.15, -0.1) is 5.10 Å². The van der Waals surface area contributed by atoms with Crippen LogP contribution in [0.25, 0.3) is 0 Å². The fourth-order valence-corrected chi connectivity index (χ4v) is 4.25. The maximum Gasteiger partial charge on any atom is 0.305 e. The van der Waals surface area contributed by atoms with Crippen molar-refractivity contribution in [1.82, 2.24) is 10.2 Å². The Morgan fingerprint density at radius 1 is 1.40 bits per heavy atom. The summed E-state index contributed by atoms with van der Waals surface area (Å²) in [5, 5.41) is 18.9. The molecule has 0 spiro atoms. The lowest BCUT2D eigenvalue weighted by atomic mass is 10.2. The van der Waals surface area contributed by atoms with Crippen molar-refractivity contribution >= 4 is 35.0 Å². The van der Waals surface area contributed by atoms with Crippen molar-refractivity contribution in [2.24, 2.45) is 10.2 Å². The number of ether oxygens (including phenoxy) is 2. The summed E-state index contributed by atoms with van der Waals surface area (Å²) in [6, 6.07) is 7.49. The van der Waals surface area contributed by atoms with Gasteiger partial charge in [-0.25, -0.2) is 0 Å². The molecule has 162 valence electrons. The Hall–Kier alpha value is -2.43. The van der Waals surface area contributed by atoms with Crippen LogP contribution in [0.1, 0.15) is 25.8 Å². The summed E-state index contributed by atoms with van der Waals surface area (Å²) in [7, 11) is 0. The summed E-state index contributed by atoms with van der Waals surface area (Å²) in [4.78, 5) is 24.8. The van der Waals surface area contributed by atoms with E-state index in [9.17, 15) is 9.59 Å². The van der Waals surface area contributed by atoms with E-state index >= 15 is 0 Å². The van der Waals surface area contributed by atoms with Crippen molar-refractivity contribution in [2.45, 2.75) is 37.7 Å². The molecule has 1 amide bonds. The van der Waals surface area contributed by atoms with Crippen LogP contribution >= 0.6 is 11.8 Å². The monoisotopic (exact) mass is 434 g/mol. The van der Waals surface area contributed by atoms with Gasteiger partial charge in [0, 0.05) is 19.6 Å². The van der Waals surface area contributed by atoms with Gasteiger partial charge in [0.1, 0.15) is 17.6 Å². The zero-order valence-electron chi connectivity index (χ0n) is 17.0. The fourth-order valence-electron chi connectivity index (χ4n) is 3.34. The number of rotatable bonds is 8. The number of amides is 1. The van der Waals surface area contributed by atoms with E-state index in [2.05, 4.69) is 34.3 Å². The van der Waals surface area contributed by atoms with E-state index in [1.807, 2.05) is 24.3 Å². The van der Waals surface area contributed by atoms with Crippen molar-refractivity contribution in [3.8, 4) is 5.75 Å². The number of amidine groups is 1. The summed E-state index contributed by atoms with van der Waals surface area (Å²) < 4.78 is 11.6. The third kappa shape index (κ3) is 6.82. The van der Waals surface area contributed by atoms with Gasteiger partial charge in [0.05, 0.1) is 24.8 Å². The Kier molecular flexibility index (Phi) is 7.83. The second-order valence-corrected chi connectivity index (χ2v) is 8.47. The number of hydrogen-bond donors (Lipinski definition) is 2. The van der Waals surface area contributed by atoms with Gasteiger partial charge in [0.25, 0.3) is 0 Å². The number of nitrogens with one attached hydrogen (secondary N) is 1. The molecule has 1 aromatic carbocycles. The number of carbonyl (C=O) groups is 2. The largest absolute Gasteiger partial charge is 0.492 e. The predicted molar refractivity (Wildman–Crippen MR) is 115 cm³/mol. The maximum atomic E-state index is 11.7. The number of carboxylic acid groups (broad SMARTS) is 1. The predicted octanol–water partition coefficient (Wildman–Crippen LogP) is 1.57. The van der Waals surface area contributed by atoms with Crippen LogP contribution in [0.5, 0.6) is 5.75 Å². The molecule has 30 heavy (non-hydrogen) atoms. The van der Waals surface area contributed by atoms with E-state index in [0.717, 1.165) is 42.7 Å². The van der Waals surface area contributed by atoms with Gasteiger partial charge >= 0.3 is 5.97 Å². The van der Waals surface area contributed by atoms with Crippen LogP contribution in [0.3, 0.4) is 0 Å². The highest BCUT2D eigenvalue weighted by Crippen LogP contribution is 2.22. The highest BCUT2D eigenvalue weighted by Gasteiger charge is 2.32. The normalized spacial score (nSPS) is 26.3. The molecule has 0 radical (unpaired) electrons. The van der Waals surface area contributed by atoms with Gasteiger partial charge in [-0.1, -0.05) is 23.9 Å². The standard InChI is InChI=1S/C20H26N4O5S/c1-13-11-24(12-14(2)29-13)6-7-28-16-5-3-4-15(8-16)10-21-23-20-22-19(27)17(30-20)9-18(25)26/h3-5,8,10,13-14,17H,6-7,9,11-12H2,1-2H3,(H,25,26)(H,22,23,27). The molecule has 2 saturated heterocycles. The van der Waals surface area contributed by atoms with Crippen LogP contribution in [0.2, 0.25) is 0 Å². The van der Waals surface area contributed by atoms with E-state index in [4.69, 9.17) is 14.6 Å². The average Bonchev–Trinajstić information content (AvgIpc) is 3.00. The van der Waals surface area contributed by atoms with Crippen molar-refractivity contribution in [3.05, 3.63) is 29.8 Å². The van der Waals surface area contributed by atoms with Crippen LogP contribution < -0.4 is 10.1 Å². The van der Waals surface area contributed by atoms with Crippen LogP contribution in [0.4, 0.5) is 0 Å². The zero-order chi connectivity index (χ0) is 21.5. The quantitative estimate of drug-likeness (QED) is 0.472. The topological polar surface area (TPSA) is 113 Å². The summed E-state index contributed by atoms with van der Waals surface area (Å²) in [6.45, 7) is 7.38. The molecule has 9 nitrogen and oxygen atoms in total. The molecule has 2 heterocycles. The van der Waals surface area contributed by atoms with E-state index in [1.54, 1.807) is 6.21 Å². The lowest BCUT2D eigenvalue weighted by Crippen LogP contribution is -2.46. The van der Waals surface area contributed by atoms with Gasteiger partial charge < -0.3 is 19.9 Å². The highest BCUT2D eigenvalue weighted by atomic mass is 32.2. The summed E-state index contributed by atoms with van der Waals surface area (Å²) in [6.07, 6.45) is 1.78. The van der Waals surface area contributed by atoms with Gasteiger partial charge in [-0.3, -0.25) is 14.5 Å². The maximum absolute atomic E-state index is 11.7. The summed E-state index contributed by atoms with van der Waals surface area (Å²) in [5.41, 5.74) is 0.807. The lowest BCUT2D eigenvalue weighted by molar-refractivity contribution is -0.138. The van der Waals surface area contributed by atoms with Crippen LogP contribution in [-0.2, 0) is 14.3 Å². The Morgan fingerprint density at radius 3 is 2.90 bits per heavy atom. The molecule has 3 rings (SSSR count). The molecule has 10 heteroatoms. The number of aliphatic carboxylic acids is 1. The van der Waals surface area contributed by atoms with E-state index in [1.165, 1.54) is 0 Å². The third-order valence-electron chi connectivity index (χ3n) is 4.52. The van der Waals surface area contributed by atoms with Crippen molar-refractivity contribution in [1.29, 1.82) is 0 Å². The molecule has 0 aromatic heterocycles. The Balaban J connectivity index is 1.48. The molecule has 2 aliphatic heterocycles. The Labute approximate surface area is 179 Å². The molecule has 3 atom stereocenters. The first-order chi connectivity index (χ1) is 14.4. The molecular weight excluding hydrogens is 408 g/mol. The van der Waals surface area contributed by atoms with Crippen LogP contribution in [-0.4, -0.2) is 77.0 Å². The smallest absolute Gasteiger partial charge is 0.305 e. The lowest BCUT2D eigenvalue weighted by Gasteiger charge is -2.35. The fraction of sp³-hybridized carbons (Fsp3) is 0.500. The molecule has 0 aliphatic carbocycles. The molecule has 0 bridgehead atoms. The molecule has 2 fully saturated rings. The zero-order valence-corrected chi connectivity index (χ0v) is 17.8. The molecule has 3 unspecified atom stereocenters. The first-order valence-electron chi connectivity index (χ1n) is 9.80. The number of carboxylic acids is 1. The van der Waals surface area contributed by atoms with Crippen molar-refractivity contribution < 1.29 is 24.2 Å². The highest BCUT2D eigenvalue weighted by molar-refractivity contribution is 8.15. The van der Waals surface area contributed by atoms with Gasteiger partial charge in [0.15, 0.2) is 5.17 Å². The second-order valence-electron chi connectivity index (χ2n) is 7.28. The van der Waals surface area contributed by atoms with E-state index in [-0.39, 0.29) is 24.5 Å². The number of carbonyl (C=O) groups excluding carboxylic acids is 1. The SMILES string of the molecule is CC1CN(CCOc2cccc(C=NN=C3NC(=O)C(CC(=O)O)S3)c2)CC(C)O1. The van der Waals surface area contributed by atoms with Gasteiger partial charge in [0.2, 0.25) is 5.91 Å². The minimum Gasteiger partial charge on any atom is -0.492 e. The first-order valence-corrected chi connectivity index (χ1v) is 10.7. The Morgan fingerprint density at radius 2 is 2.17 bits per heavy atom. The summed E-state index contributed by atoms with van der Waals surface area (Å²) >= 11 is 1.07. The second kappa shape index (κ2) is 10.6. The third-order valence-corrected chi connectivity index (χ3v) is 5.59. The number of benzene rings is 1. The average molecular weight is 435 g/mol. The van der Waals surface area contributed by atoms with Gasteiger partial charge in [-0.05, 0) is 31.5 Å². The molecule has 2 aliphatic rings. The minimum absolute atomic E-state index is 0.233. The molecule has 1 aromatic rings. The summed E-state index contributed by atoms with van der Waals surface area (Å²) in [5.74, 6) is -0.649. The van der Waals surface area contributed by atoms with E-state index in [0.29, 0.717) is 11.8 Å². The number of hydrogen-bond acceptors (Lipinski definition) is 8. The number of thioether (sulfide) groups is 1.